The van der Waals surface area contributed by atoms with Crippen molar-refractivity contribution in [2.24, 2.45) is 0 Å². The second-order valence-corrected chi connectivity index (χ2v) is 2.73. The van der Waals surface area contributed by atoms with Crippen LogP contribution in [0.4, 0.5) is 0 Å². The van der Waals surface area contributed by atoms with Crippen molar-refractivity contribution in [3.63, 3.8) is 0 Å². The van der Waals surface area contributed by atoms with Crippen LogP contribution in [-0.4, -0.2) is 18.4 Å². The zero-order valence-electron chi connectivity index (χ0n) is 5.16. The highest BCUT2D eigenvalue weighted by Gasteiger charge is 1.96. The van der Waals surface area contributed by atoms with Gasteiger partial charge in [-0.15, -0.1) is 0 Å². The zero-order chi connectivity index (χ0) is 8.43. The number of H-pyrrole nitrogens is 2. The third kappa shape index (κ3) is 1.77. The van der Waals surface area contributed by atoms with Gasteiger partial charge in [-0.25, -0.2) is 13.2 Å². The first-order valence-electron chi connectivity index (χ1n) is 2.57. The molecule has 6 nitrogen and oxygen atoms in total. The summed E-state index contributed by atoms with van der Waals surface area (Å²) in [7, 11) is -2.90. The first-order valence-corrected chi connectivity index (χ1v) is 3.75. The van der Waals surface area contributed by atoms with E-state index in [-0.39, 0.29) is 5.03 Å². The quantitative estimate of drug-likeness (QED) is 0.341. The van der Waals surface area contributed by atoms with Crippen LogP contribution in [-0.2, 0) is 10.7 Å². The van der Waals surface area contributed by atoms with Crippen LogP contribution in [0.15, 0.2) is 20.7 Å². The van der Waals surface area contributed by atoms with Crippen molar-refractivity contribution in [1.29, 1.82) is 0 Å². The maximum atomic E-state index is 10.5. The van der Waals surface area contributed by atoms with Crippen LogP contribution >= 0.6 is 0 Å². The fraction of sp³-hybridized carbons (Fsp3) is 0. The van der Waals surface area contributed by atoms with E-state index in [2.05, 4.69) is 0 Å². The molecule has 1 aromatic heterocycles. The second-order valence-electron chi connectivity index (χ2n) is 1.73. The van der Waals surface area contributed by atoms with Gasteiger partial charge in [0.1, 0.15) is 5.03 Å². The Morgan fingerprint density at radius 2 is 1.82 bits per heavy atom. The van der Waals surface area contributed by atoms with Gasteiger partial charge < -0.3 is 0 Å². The molecule has 0 aromatic carbocycles. The molecule has 0 aliphatic heterocycles. The topological polar surface area (TPSA) is 99.9 Å². The number of nitrogens with one attached hydrogen (secondary N) is 2. The minimum Gasteiger partial charge on any atom is -0.298 e. The average molecular weight is 176 g/mol. The number of hydrogen-bond donors (Lipinski definition) is 3. The van der Waals surface area contributed by atoms with Crippen LogP contribution in [0.25, 0.3) is 0 Å². The predicted molar refractivity (Wildman–Crippen MR) is 36.3 cm³/mol. The van der Waals surface area contributed by atoms with Crippen molar-refractivity contribution in [2.75, 3.05) is 0 Å². The van der Waals surface area contributed by atoms with Crippen molar-refractivity contribution in [1.82, 2.24) is 9.97 Å². The lowest BCUT2D eigenvalue weighted by molar-refractivity contribution is 0.610. The molecule has 0 saturated heterocycles. The molecule has 1 aromatic rings. The molecule has 0 radical (unpaired) electrons. The second kappa shape index (κ2) is 2.70. The summed E-state index contributed by atoms with van der Waals surface area (Å²) in [4.78, 5) is 24.7. The lowest BCUT2D eigenvalue weighted by Crippen LogP contribution is -2.22. The summed E-state index contributed by atoms with van der Waals surface area (Å²) in [6.07, 6.45) is 0. The van der Waals surface area contributed by atoms with E-state index >= 15 is 0 Å². The minimum atomic E-state index is -2.90. The third-order valence-electron chi connectivity index (χ3n) is 0.943. The normalized spacial score (nSPS) is 10.3. The standard InChI is InChI=1S/C4H4N2O4S/c7-2-1-3(11(9)10)6-4(8)5-2/h1,11H,(H2,5,6,7,8). The highest BCUT2D eigenvalue weighted by atomic mass is 32.2. The summed E-state index contributed by atoms with van der Waals surface area (Å²) in [6.45, 7) is 0. The fourth-order valence-electron chi connectivity index (χ4n) is 0.554. The van der Waals surface area contributed by atoms with E-state index in [0.717, 1.165) is 6.07 Å². The first-order chi connectivity index (χ1) is 5.09. The number of thiol groups is 1. The van der Waals surface area contributed by atoms with E-state index in [1.54, 1.807) is 0 Å². The van der Waals surface area contributed by atoms with Gasteiger partial charge in [0.2, 0.25) is 0 Å². The Kier molecular flexibility index (Phi) is 1.90. The number of rotatable bonds is 1. The summed E-state index contributed by atoms with van der Waals surface area (Å²) >= 11 is 0. The van der Waals surface area contributed by atoms with E-state index < -0.39 is 22.0 Å². The molecule has 60 valence electrons. The Morgan fingerprint density at radius 3 is 2.27 bits per heavy atom. The Morgan fingerprint density at radius 1 is 1.18 bits per heavy atom. The van der Waals surface area contributed by atoms with Gasteiger partial charge in [0, 0.05) is 6.07 Å². The fourth-order valence-corrected chi connectivity index (χ4v) is 0.970. The molecular weight excluding hydrogens is 172 g/mol. The van der Waals surface area contributed by atoms with E-state index in [4.69, 9.17) is 0 Å². The number of aromatic amines is 2. The smallest absolute Gasteiger partial charge is 0.298 e. The van der Waals surface area contributed by atoms with Crippen molar-refractivity contribution < 1.29 is 8.42 Å². The molecule has 0 aliphatic carbocycles. The maximum absolute atomic E-state index is 10.5. The van der Waals surface area contributed by atoms with Crippen molar-refractivity contribution in [2.45, 2.75) is 5.03 Å². The number of hydrogen-bond acceptors (Lipinski definition) is 4. The molecule has 1 heterocycles. The third-order valence-corrected chi connectivity index (χ3v) is 1.58. The lowest BCUT2D eigenvalue weighted by Gasteiger charge is -1.85. The summed E-state index contributed by atoms with van der Waals surface area (Å²) in [6, 6.07) is 0.799. The highest BCUT2D eigenvalue weighted by molar-refractivity contribution is 7.72. The van der Waals surface area contributed by atoms with Crippen molar-refractivity contribution in [3.8, 4) is 0 Å². The molecule has 7 heteroatoms. The molecule has 0 amide bonds. The molecule has 0 atom stereocenters. The van der Waals surface area contributed by atoms with Gasteiger partial charge in [-0.1, -0.05) is 0 Å². The van der Waals surface area contributed by atoms with Gasteiger partial charge in [-0.2, -0.15) is 0 Å². The summed E-state index contributed by atoms with van der Waals surface area (Å²) < 4.78 is 20.4. The average Bonchev–Trinajstić information content (AvgIpc) is 1.85. The van der Waals surface area contributed by atoms with Gasteiger partial charge in [-0.3, -0.25) is 14.8 Å². The largest absolute Gasteiger partial charge is 0.326 e. The Bertz CT molecular complexity index is 404. The molecule has 0 spiro atoms. The Labute approximate surface area is 61.9 Å². The minimum absolute atomic E-state index is 0.381. The zero-order valence-corrected chi connectivity index (χ0v) is 6.05. The van der Waals surface area contributed by atoms with Gasteiger partial charge in [0.05, 0.1) is 0 Å². The summed E-state index contributed by atoms with van der Waals surface area (Å²) in [5.41, 5.74) is -1.56. The van der Waals surface area contributed by atoms with E-state index in [0.29, 0.717) is 0 Å². The molecule has 1 rings (SSSR count). The monoisotopic (exact) mass is 176 g/mol. The van der Waals surface area contributed by atoms with Crippen LogP contribution < -0.4 is 11.2 Å². The van der Waals surface area contributed by atoms with Gasteiger partial charge in [0.25, 0.3) is 5.56 Å². The van der Waals surface area contributed by atoms with E-state index in [1.807, 2.05) is 9.97 Å². The molecule has 11 heavy (non-hydrogen) atoms. The van der Waals surface area contributed by atoms with Gasteiger partial charge in [-0.05, 0) is 0 Å². The Balaban J connectivity index is 3.54. The van der Waals surface area contributed by atoms with E-state index in [1.165, 1.54) is 0 Å². The SMILES string of the molecule is O=c1cc([SH](=O)=O)[nH]c(=O)[nH]1. The highest BCUT2D eigenvalue weighted by Crippen LogP contribution is 1.83. The molecule has 0 saturated carbocycles. The van der Waals surface area contributed by atoms with Crippen LogP contribution in [0, 0.1) is 0 Å². The maximum Gasteiger partial charge on any atom is 0.326 e. The molecule has 0 aliphatic rings. The molecule has 0 bridgehead atoms. The summed E-state index contributed by atoms with van der Waals surface area (Å²) in [5, 5.41) is -0.381. The molecule has 2 N–H and O–H groups in total. The van der Waals surface area contributed by atoms with Gasteiger partial charge >= 0.3 is 5.69 Å². The molecule has 0 unspecified atom stereocenters. The van der Waals surface area contributed by atoms with Crippen LogP contribution in [0.5, 0.6) is 0 Å². The Hall–Kier alpha value is -1.37. The van der Waals surface area contributed by atoms with Gasteiger partial charge in [0.15, 0.2) is 10.7 Å². The molecule has 0 fully saturated rings. The molecular formula is C4H4N2O4S. The van der Waals surface area contributed by atoms with E-state index in [9.17, 15) is 18.0 Å². The van der Waals surface area contributed by atoms with Crippen molar-refractivity contribution >= 4 is 10.7 Å². The first kappa shape index (κ1) is 7.73. The van der Waals surface area contributed by atoms with Crippen LogP contribution in [0.3, 0.4) is 0 Å². The van der Waals surface area contributed by atoms with Crippen LogP contribution in [0.1, 0.15) is 0 Å². The van der Waals surface area contributed by atoms with Crippen molar-refractivity contribution in [3.05, 3.63) is 26.9 Å². The lowest BCUT2D eigenvalue weighted by atomic mass is 10.7. The summed E-state index contributed by atoms with van der Waals surface area (Å²) in [5.74, 6) is 0. The predicted octanol–water partition coefficient (Wildman–Crippen LogP) is -1.97. The van der Waals surface area contributed by atoms with Crippen LogP contribution in [0.2, 0.25) is 0 Å². The number of aromatic nitrogens is 2.